The lowest BCUT2D eigenvalue weighted by atomic mass is 9.92. The van der Waals surface area contributed by atoms with E-state index >= 15 is 0 Å². The molecule has 3 rings (SSSR count). The Balaban J connectivity index is 0.000000696. The summed E-state index contributed by atoms with van der Waals surface area (Å²) in [6, 6.07) is 2.32. The van der Waals surface area contributed by atoms with Crippen molar-refractivity contribution in [3.8, 4) is 0 Å². The molecule has 0 spiro atoms. The number of carbonyl (C=O) groups is 1. The van der Waals surface area contributed by atoms with Crippen molar-refractivity contribution in [1.82, 2.24) is 0 Å². The number of nitrogens with two attached hydrogens (primary N) is 2. The van der Waals surface area contributed by atoms with Gasteiger partial charge in [-0.05, 0) is 98.2 Å². The number of hydrogen-bond acceptors (Lipinski definition) is 3. The zero-order valence-corrected chi connectivity index (χ0v) is 19.1. The fourth-order valence-electron chi connectivity index (χ4n) is 3.30. The Hall–Kier alpha value is -1.87. The molecule has 0 saturated heterocycles. The Bertz CT molecular complexity index is 652. The minimum absolute atomic E-state index is 0.629. The number of benzene rings is 1. The first-order valence-electron chi connectivity index (χ1n) is 10.5. The number of rotatable bonds is 3. The van der Waals surface area contributed by atoms with E-state index in [1.54, 1.807) is 5.56 Å². The highest BCUT2D eigenvalue weighted by molar-refractivity contribution is 5.71. The van der Waals surface area contributed by atoms with Crippen LogP contribution >= 0.6 is 0 Å². The van der Waals surface area contributed by atoms with Crippen LogP contribution < -0.4 is 11.5 Å². The van der Waals surface area contributed by atoms with Gasteiger partial charge in [0.25, 0.3) is 0 Å². The van der Waals surface area contributed by atoms with Crippen molar-refractivity contribution in [3.05, 3.63) is 46.2 Å². The van der Waals surface area contributed by atoms with Crippen LogP contribution in [-0.4, -0.2) is 13.3 Å². The lowest BCUT2D eigenvalue weighted by Crippen LogP contribution is -2.02. The van der Waals surface area contributed by atoms with Gasteiger partial charge in [-0.2, -0.15) is 0 Å². The third-order valence-corrected chi connectivity index (χ3v) is 4.59. The average Bonchev–Trinajstić information content (AvgIpc) is 3.41. The predicted molar refractivity (Wildman–Crippen MR) is 125 cm³/mol. The molecule has 1 saturated carbocycles. The molecule has 0 heterocycles. The summed E-state index contributed by atoms with van der Waals surface area (Å²) >= 11 is 0. The molecule has 2 aliphatic rings. The lowest BCUT2D eigenvalue weighted by Gasteiger charge is -2.13. The van der Waals surface area contributed by atoms with Crippen LogP contribution in [0.25, 0.3) is 12.2 Å². The van der Waals surface area contributed by atoms with E-state index in [0.29, 0.717) is 5.92 Å². The standard InChI is InChI=1S/C18H23N.C4H10.C2H4O.CH5N/c1-4-13-9-15-7-11(2)8-16(15)12(3)17(13)10-18(19)14-5-6-14;1-4(2)3;1-2-3;1-2/h4,9-11,14H,1,5-8,19H2,2-3H3;4H,1-3H3;2H,1H3;2H2,1H3/b18-10-;;;. The Labute approximate surface area is 173 Å². The van der Waals surface area contributed by atoms with Gasteiger partial charge in [0.05, 0.1) is 0 Å². The first kappa shape index (κ1) is 26.1. The molecule has 3 heteroatoms. The lowest BCUT2D eigenvalue weighted by molar-refractivity contribution is -0.106. The molecule has 0 radical (unpaired) electrons. The van der Waals surface area contributed by atoms with Crippen LogP contribution in [0.4, 0.5) is 0 Å². The molecule has 1 atom stereocenters. The van der Waals surface area contributed by atoms with E-state index in [-0.39, 0.29) is 0 Å². The van der Waals surface area contributed by atoms with Crippen LogP contribution in [0.3, 0.4) is 0 Å². The third-order valence-electron chi connectivity index (χ3n) is 4.59. The summed E-state index contributed by atoms with van der Waals surface area (Å²) in [5.74, 6) is 2.23. The molecule has 2 aliphatic carbocycles. The van der Waals surface area contributed by atoms with Crippen molar-refractivity contribution in [2.24, 2.45) is 29.2 Å². The average molecular weight is 387 g/mol. The number of allylic oxidation sites excluding steroid dienone is 1. The summed E-state index contributed by atoms with van der Waals surface area (Å²) in [5, 5.41) is 0. The van der Waals surface area contributed by atoms with Crippen LogP contribution in [0.5, 0.6) is 0 Å². The topological polar surface area (TPSA) is 69.1 Å². The molecule has 0 bridgehead atoms. The van der Waals surface area contributed by atoms with Gasteiger partial charge in [-0.3, -0.25) is 0 Å². The molecule has 0 aliphatic heterocycles. The highest BCUT2D eigenvalue weighted by Crippen LogP contribution is 2.37. The largest absolute Gasteiger partial charge is 0.402 e. The van der Waals surface area contributed by atoms with Gasteiger partial charge in [0.2, 0.25) is 0 Å². The molecular formula is C25H42N2O. The minimum Gasteiger partial charge on any atom is -0.402 e. The third kappa shape index (κ3) is 8.43. The van der Waals surface area contributed by atoms with E-state index in [9.17, 15) is 0 Å². The number of aldehydes is 1. The summed E-state index contributed by atoms with van der Waals surface area (Å²) in [4.78, 5) is 8.81. The fraction of sp³-hybridized carbons (Fsp3) is 0.560. The van der Waals surface area contributed by atoms with Gasteiger partial charge in [-0.15, -0.1) is 0 Å². The number of carbonyl (C=O) groups excluding carboxylic acids is 1. The van der Waals surface area contributed by atoms with Crippen LogP contribution in [0, 0.1) is 24.7 Å². The zero-order chi connectivity index (χ0) is 21.9. The summed E-state index contributed by atoms with van der Waals surface area (Å²) in [6.45, 7) is 16.5. The van der Waals surface area contributed by atoms with Gasteiger partial charge in [-0.1, -0.05) is 46.4 Å². The molecule has 4 N–H and O–H groups in total. The summed E-state index contributed by atoms with van der Waals surface area (Å²) in [6.07, 6.45) is 9.86. The number of hydrogen-bond donors (Lipinski definition) is 2. The van der Waals surface area contributed by atoms with Crippen molar-refractivity contribution in [1.29, 1.82) is 0 Å². The van der Waals surface area contributed by atoms with Gasteiger partial charge in [0, 0.05) is 5.70 Å². The second-order valence-electron chi connectivity index (χ2n) is 8.25. The van der Waals surface area contributed by atoms with Crippen LogP contribution in [0.15, 0.2) is 18.3 Å². The van der Waals surface area contributed by atoms with Crippen LogP contribution in [-0.2, 0) is 17.6 Å². The van der Waals surface area contributed by atoms with Gasteiger partial charge < -0.3 is 16.3 Å². The summed E-state index contributed by atoms with van der Waals surface area (Å²) in [7, 11) is 1.50. The molecule has 1 aromatic rings. The van der Waals surface area contributed by atoms with Gasteiger partial charge in [-0.25, -0.2) is 0 Å². The van der Waals surface area contributed by atoms with E-state index in [2.05, 4.69) is 59.1 Å². The van der Waals surface area contributed by atoms with Crippen molar-refractivity contribution >= 4 is 18.4 Å². The molecule has 0 aromatic heterocycles. The second kappa shape index (κ2) is 13.3. The van der Waals surface area contributed by atoms with E-state index in [1.807, 2.05) is 6.08 Å². The van der Waals surface area contributed by atoms with Gasteiger partial charge in [0.1, 0.15) is 6.29 Å². The van der Waals surface area contributed by atoms with E-state index in [4.69, 9.17) is 10.5 Å². The second-order valence-corrected chi connectivity index (χ2v) is 8.25. The minimum atomic E-state index is 0.629. The molecule has 158 valence electrons. The number of fused-ring (bicyclic) bond motifs is 1. The SMILES string of the molecule is C=Cc1cc2c(c(C)c1/C=C(\N)C1CC1)CC(C)C2.CC(C)C.CC=O.CN. The highest BCUT2D eigenvalue weighted by Gasteiger charge is 2.26. The molecule has 0 amide bonds. The molecule has 1 fully saturated rings. The predicted octanol–water partition coefficient (Wildman–Crippen LogP) is 5.52. The molecule has 1 unspecified atom stereocenters. The maximum Gasteiger partial charge on any atom is 0.116 e. The van der Waals surface area contributed by atoms with Crippen LogP contribution in [0.2, 0.25) is 0 Å². The Kier molecular flexibility index (Phi) is 12.4. The van der Waals surface area contributed by atoms with E-state index in [0.717, 1.165) is 23.8 Å². The monoisotopic (exact) mass is 386 g/mol. The van der Waals surface area contributed by atoms with Gasteiger partial charge in [0.15, 0.2) is 0 Å². The maximum atomic E-state index is 8.81. The van der Waals surface area contributed by atoms with Crippen molar-refractivity contribution in [2.45, 2.75) is 67.2 Å². The highest BCUT2D eigenvalue weighted by atomic mass is 16.1. The quantitative estimate of drug-likeness (QED) is 0.672. The van der Waals surface area contributed by atoms with Crippen molar-refractivity contribution in [2.75, 3.05) is 7.05 Å². The summed E-state index contributed by atoms with van der Waals surface area (Å²) < 4.78 is 0. The molecule has 3 nitrogen and oxygen atoms in total. The summed E-state index contributed by atoms with van der Waals surface area (Å²) in [5.41, 5.74) is 18.8. The fourth-order valence-corrected chi connectivity index (χ4v) is 3.30. The van der Waals surface area contributed by atoms with Gasteiger partial charge >= 0.3 is 0 Å². The zero-order valence-electron chi connectivity index (χ0n) is 19.1. The van der Waals surface area contributed by atoms with Crippen molar-refractivity contribution in [3.63, 3.8) is 0 Å². The van der Waals surface area contributed by atoms with E-state index in [1.165, 1.54) is 61.9 Å². The Morgan fingerprint density at radius 1 is 1.21 bits per heavy atom. The Morgan fingerprint density at radius 2 is 1.71 bits per heavy atom. The van der Waals surface area contributed by atoms with Crippen LogP contribution in [0.1, 0.15) is 75.3 Å². The van der Waals surface area contributed by atoms with E-state index < -0.39 is 0 Å². The maximum absolute atomic E-state index is 8.81. The Morgan fingerprint density at radius 3 is 2.14 bits per heavy atom. The smallest absolute Gasteiger partial charge is 0.116 e. The molecule has 28 heavy (non-hydrogen) atoms. The first-order chi connectivity index (χ1) is 13.2. The first-order valence-corrected chi connectivity index (χ1v) is 10.5. The van der Waals surface area contributed by atoms with Crippen molar-refractivity contribution < 1.29 is 4.79 Å². The molecular weight excluding hydrogens is 344 g/mol. The normalized spacial score (nSPS) is 17.2. The molecule has 1 aromatic carbocycles.